The number of tetrazole rings is 1. The van der Waals surface area contributed by atoms with Gasteiger partial charge in [-0.25, -0.2) is 4.68 Å². The van der Waals surface area contributed by atoms with Gasteiger partial charge < -0.3 is 5.73 Å². The van der Waals surface area contributed by atoms with Crippen LogP contribution in [0, 0.1) is 5.41 Å². The van der Waals surface area contributed by atoms with Crippen LogP contribution in [-0.2, 0) is 6.54 Å². The number of halogens is 1. The van der Waals surface area contributed by atoms with E-state index in [1.807, 2.05) is 10.7 Å². The highest BCUT2D eigenvalue weighted by molar-refractivity contribution is 6.33. The standard InChI is InChI=1S/C13H16ClN5/c1-2-13(5-6-13)8-19-12(16-17-18-19)10-7-9(15)3-4-11(10)14/h3-4,7H,2,5-6,8,15H2,1H3. The van der Waals surface area contributed by atoms with Crippen molar-refractivity contribution in [2.45, 2.75) is 32.7 Å². The third-order valence-electron chi connectivity index (χ3n) is 3.96. The number of hydrogen-bond donors (Lipinski definition) is 1. The maximum absolute atomic E-state index is 6.22. The van der Waals surface area contributed by atoms with Gasteiger partial charge in [0, 0.05) is 11.3 Å². The molecule has 1 fully saturated rings. The maximum Gasteiger partial charge on any atom is 0.183 e. The van der Waals surface area contributed by atoms with E-state index in [-0.39, 0.29) is 0 Å². The smallest absolute Gasteiger partial charge is 0.183 e. The van der Waals surface area contributed by atoms with Crippen molar-refractivity contribution in [2.24, 2.45) is 5.41 Å². The van der Waals surface area contributed by atoms with Crippen molar-refractivity contribution < 1.29 is 0 Å². The number of hydrogen-bond acceptors (Lipinski definition) is 4. The molecule has 0 radical (unpaired) electrons. The normalized spacial score (nSPS) is 16.5. The fraction of sp³-hybridized carbons (Fsp3) is 0.462. The van der Waals surface area contributed by atoms with Crippen LogP contribution >= 0.6 is 11.6 Å². The third kappa shape index (κ3) is 2.30. The molecule has 0 unspecified atom stereocenters. The zero-order valence-corrected chi connectivity index (χ0v) is 11.6. The average Bonchev–Trinajstić information content (AvgIpc) is 3.03. The molecule has 1 aliphatic carbocycles. The van der Waals surface area contributed by atoms with Gasteiger partial charge in [-0.15, -0.1) is 5.10 Å². The van der Waals surface area contributed by atoms with Gasteiger partial charge in [0.25, 0.3) is 0 Å². The molecule has 2 N–H and O–H groups in total. The number of nitrogens with zero attached hydrogens (tertiary/aromatic N) is 4. The van der Waals surface area contributed by atoms with Gasteiger partial charge in [0.05, 0.1) is 11.6 Å². The molecule has 1 aliphatic rings. The van der Waals surface area contributed by atoms with Gasteiger partial charge in [0.15, 0.2) is 5.82 Å². The van der Waals surface area contributed by atoms with E-state index < -0.39 is 0 Å². The fourth-order valence-corrected chi connectivity index (χ4v) is 2.54. The molecule has 1 aromatic carbocycles. The zero-order valence-electron chi connectivity index (χ0n) is 10.8. The van der Waals surface area contributed by atoms with E-state index in [1.54, 1.807) is 12.1 Å². The Morgan fingerprint density at radius 3 is 2.89 bits per heavy atom. The number of rotatable bonds is 4. The highest BCUT2D eigenvalue weighted by Crippen LogP contribution is 2.50. The Hall–Kier alpha value is -1.62. The molecule has 0 bridgehead atoms. The zero-order chi connectivity index (χ0) is 13.5. The number of nitrogen functional groups attached to an aromatic ring is 1. The van der Waals surface area contributed by atoms with Crippen molar-refractivity contribution >= 4 is 17.3 Å². The first kappa shape index (κ1) is 12.4. The van der Waals surface area contributed by atoms with Gasteiger partial charge in [-0.1, -0.05) is 18.5 Å². The van der Waals surface area contributed by atoms with E-state index in [9.17, 15) is 0 Å². The molecule has 0 spiro atoms. The monoisotopic (exact) mass is 277 g/mol. The SMILES string of the molecule is CCC1(Cn2nnnc2-c2cc(N)ccc2Cl)CC1. The molecule has 0 saturated heterocycles. The summed E-state index contributed by atoms with van der Waals surface area (Å²) in [5, 5.41) is 12.6. The minimum atomic E-state index is 0.372. The topological polar surface area (TPSA) is 69.6 Å². The Bertz CT molecular complexity index is 603. The predicted octanol–water partition coefficient (Wildman–Crippen LogP) is 2.77. The van der Waals surface area contributed by atoms with Crippen molar-refractivity contribution in [3.8, 4) is 11.4 Å². The number of benzene rings is 1. The summed E-state index contributed by atoms with van der Waals surface area (Å²) in [6.07, 6.45) is 3.64. The minimum Gasteiger partial charge on any atom is -0.399 e. The summed E-state index contributed by atoms with van der Waals surface area (Å²) in [4.78, 5) is 0. The molecule has 0 atom stereocenters. The molecule has 19 heavy (non-hydrogen) atoms. The molecule has 1 aromatic heterocycles. The Morgan fingerprint density at radius 1 is 1.42 bits per heavy atom. The van der Waals surface area contributed by atoms with Crippen LogP contribution < -0.4 is 5.73 Å². The Balaban J connectivity index is 1.97. The third-order valence-corrected chi connectivity index (χ3v) is 4.29. The second-order valence-electron chi connectivity index (χ2n) is 5.25. The second kappa shape index (κ2) is 4.49. The van der Waals surface area contributed by atoms with Gasteiger partial charge in [0.2, 0.25) is 0 Å². The highest BCUT2D eigenvalue weighted by atomic mass is 35.5. The number of nitrogens with two attached hydrogens (primary N) is 1. The van der Waals surface area contributed by atoms with Crippen LogP contribution in [0.1, 0.15) is 26.2 Å². The van der Waals surface area contributed by atoms with Gasteiger partial charge in [0.1, 0.15) is 0 Å². The Kier molecular flexibility index (Phi) is 2.93. The lowest BCUT2D eigenvalue weighted by Crippen LogP contribution is -2.13. The molecule has 3 rings (SSSR count). The summed E-state index contributed by atoms with van der Waals surface area (Å²) >= 11 is 6.22. The van der Waals surface area contributed by atoms with Crippen LogP contribution in [0.3, 0.4) is 0 Å². The van der Waals surface area contributed by atoms with Crippen molar-refractivity contribution in [2.75, 3.05) is 5.73 Å². The van der Waals surface area contributed by atoms with Crippen molar-refractivity contribution in [3.63, 3.8) is 0 Å². The maximum atomic E-state index is 6.22. The first-order chi connectivity index (χ1) is 9.13. The summed E-state index contributed by atoms with van der Waals surface area (Å²) in [5.41, 5.74) is 7.63. The van der Waals surface area contributed by atoms with Gasteiger partial charge in [-0.2, -0.15) is 0 Å². The molecular weight excluding hydrogens is 262 g/mol. The molecule has 0 amide bonds. The summed E-state index contributed by atoms with van der Waals surface area (Å²) in [6.45, 7) is 3.06. The molecule has 100 valence electrons. The van der Waals surface area contributed by atoms with E-state index in [1.165, 1.54) is 12.8 Å². The van der Waals surface area contributed by atoms with E-state index in [2.05, 4.69) is 22.4 Å². The Labute approximate surface area is 116 Å². The lowest BCUT2D eigenvalue weighted by molar-refractivity contribution is 0.382. The molecule has 1 heterocycles. The first-order valence-corrected chi connectivity index (χ1v) is 6.83. The van der Waals surface area contributed by atoms with Gasteiger partial charge in [-0.05, 0) is 53.3 Å². The summed E-state index contributed by atoms with van der Waals surface area (Å²) in [6, 6.07) is 5.36. The molecule has 2 aromatic rings. The van der Waals surface area contributed by atoms with E-state index in [4.69, 9.17) is 17.3 Å². The van der Waals surface area contributed by atoms with Crippen LogP contribution in [0.25, 0.3) is 11.4 Å². The lowest BCUT2D eigenvalue weighted by Gasteiger charge is -2.13. The van der Waals surface area contributed by atoms with Crippen LogP contribution in [0.4, 0.5) is 5.69 Å². The van der Waals surface area contributed by atoms with Crippen LogP contribution in [0.5, 0.6) is 0 Å². The summed E-state index contributed by atoms with van der Waals surface area (Å²) < 4.78 is 1.84. The average molecular weight is 278 g/mol. The first-order valence-electron chi connectivity index (χ1n) is 6.45. The van der Waals surface area contributed by atoms with E-state index >= 15 is 0 Å². The molecule has 1 saturated carbocycles. The van der Waals surface area contributed by atoms with E-state index in [0.717, 1.165) is 18.5 Å². The molecular formula is C13H16ClN5. The number of anilines is 1. The van der Waals surface area contributed by atoms with Gasteiger partial charge >= 0.3 is 0 Å². The van der Waals surface area contributed by atoms with Gasteiger partial charge in [-0.3, -0.25) is 0 Å². The predicted molar refractivity (Wildman–Crippen MR) is 74.6 cm³/mol. The molecule has 6 heteroatoms. The molecule has 5 nitrogen and oxygen atoms in total. The minimum absolute atomic E-state index is 0.372. The van der Waals surface area contributed by atoms with Crippen LogP contribution in [-0.4, -0.2) is 20.2 Å². The lowest BCUT2D eigenvalue weighted by atomic mass is 10.0. The van der Waals surface area contributed by atoms with Crippen molar-refractivity contribution in [3.05, 3.63) is 23.2 Å². The molecule has 0 aliphatic heterocycles. The quantitative estimate of drug-likeness (QED) is 0.873. The summed E-state index contributed by atoms with van der Waals surface area (Å²) in [7, 11) is 0. The van der Waals surface area contributed by atoms with Crippen LogP contribution in [0.15, 0.2) is 18.2 Å². The van der Waals surface area contributed by atoms with E-state index in [0.29, 0.717) is 21.9 Å². The largest absolute Gasteiger partial charge is 0.399 e. The highest BCUT2D eigenvalue weighted by Gasteiger charge is 2.41. The fourth-order valence-electron chi connectivity index (χ4n) is 2.34. The van der Waals surface area contributed by atoms with Crippen molar-refractivity contribution in [1.82, 2.24) is 20.2 Å². The Morgan fingerprint density at radius 2 is 2.21 bits per heavy atom. The van der Waals surface area contributed by atoms with Crippen molar-refractivity contribution in [1.29, 1.82) is 0 Å². The van der Waals surface area contributed by atoms with Crippen LogP contribution in [0.2, 0.25) is 5.02 Å². The number of aromatic nitrogens is 4. The second-order valence-corrected chi connectivity index (χ2v) is 5.66. The summed E-state index contributed by atoms with van der Waals surface area (Å²) in [5.74, 6) is 0.692.